The lowest BCUT2D eigenvalue weighted by Gasteiger charge is -2.06. The van der Waals surface area contributed by atoms with E-state index >= 15 is 0 Å². The second-order valence-corrected chi connectivity index (χ2v) is 4.83. The van der Waals surface area contributed by atoms with Crippen LogP contribution in [0.5, 0.6) is 11.8 Å². The molecule has 1 heterocycles. The quantitative estimate of drug-likeness (QED) is 0.706. The van der Waals surface area contributed by atoms with Gasteiger partial charge in [0.05, 0.1) is 0 Å². The van der Waals surface area contributed by atoms with Crippen LogP contribution in [0.1, 0.15) is 0 Å². The van der Waals surface area contributed by atoms with E-state index in [2.05, 4.69) is 15.0 Å². The summed E-state index contributed by atoms with van der Waals surface area (Å²) in [6.07, 6.45) is 0. The van der Waals surface area contributed by atoms with Crippen LogP contribution in [0.2, 0.25) is 10.6 Å². The topological polar surface area (TPSA) is 47.9 Å². The first-order valence-electron chi connectivity index (χ1n) is 6.11. The third-order valence-corrected chi connectivity index (χ3v) is 3.05. The zero-order valence-electron chi connectivity index (χ0n) is 10.7. The summed E-state index contributed by atoms with van der Waals surface area (Å²) >= 11 is 11.4. The molecule has 0 aliphatic rings. The average molecular weight is 318 g/mol. The number of rotatable bonds is 3. The van der Waals surface area contributed by atoms with Gasteiger partial charge in [0, 0.05) is 0 Å². The molecule has 0 fully saturated rings. The second kappa shape index (κ2) is 6.08. The molecule has 2 aromatic carbocycles. The van der Waals surface area contributed by atoms with E-state index in [1.165, 1.54) is 0 Å². The monoisotopic (exact) mass is 317 g/mol. The highest BCUT2D eigenvalue weighted by molar-refractivity contribution is 6.31. The lowest BCUT2D eigenvalue weighted by molar-refractivity contribution is 0.439. The Morgan fingerprint density at radius 3 is 2.10 bits per heavy atom. The molecule has 1 aromatic heterocycles. The van der Waals surface area contributed by atoms with Crippen molar-refractivity contribution in [3.8, 4) is 22.9 Å². The van der Waals surface area contributed by atoms with E-state index in [1.54, 1.807) is 6.07 Å². The van der Waals surface area contributed by atoms with Crippen molar-refractivity contribution in [3.05, 3.63) is 65.2 Å². The highest BCUT2D eigenvalue weighted by Crippen LogP contribution is 2.26. The van der Waals surface area contributed by atoms with Crippen LogP contribution in [0.3, 0.4) is 0 Å². The van der Waals surface area contributed by atoms with Crippen molar-refractivity contribution in [3.63, 3.8) is 0 Å². The first kappa shape index (κ1) is 13.8. The highest BCUT2D eigenvalue weighted by atomic mass is 35.5. The van der Waals surface area contributed by atoms with Gasteiger partial charge in [0.25, 0.3) is 0 Å². The van der Waals surface area contributed by atoms with Crippen molar-refractivity contribution in [2.75, 3.05) is 0 Å². The Balaban J connectivity index is 1.90. The summed E-state index contributed by atoms with van der Waals surface area (Å²) in [4.78, 5) is 11.4. The molecule has 21 heavy (non-hydrogen) atoms. The maximum absolute atomic E-state index is 5.72. The summed E-state index contributed by atoms with van der Waals surface area (Å²) in [6.45, 7) is 0. The summed E-state index contributed by atoms with van der Waals surface area (Å²) in [5.41, 5.74) is 2.12. The fraction of sp³-hybridized carbons (Fsp3) is 0. The Morgan fingerprint density at radius 1 is 0.714 bits per heavy atom. The fourth-order valence-electron chi connectivity index (χ4n) is 1.83. The maximum atomic E-state index is 5.72. The molecule has 0 atom stereocenters. The zero-order valence-corrected chi connectivity index (χ0v) is 12.2. The first-order chi connectivity index (χ1) is 10.2. The molecule has 0 bridgehead atoms. The minimum Gasteiger partial charge on any atom is -0.424 e. The molecule has 4 nitrogen and oxygen atoms in total. The van der Waals surface area contributed by atoms with Crippen molar-refractivity contribution in [1.29, 1.82) is 0 Å². The van der Waals surface area contributed by atoms with Gasteiger partial charge in [0.2, 0.25) is 10.6 Å². The summed E-state index contributed by atoms with van der Waals surface area (Å²) in [5.74, 6) is 0.592. The van der Waals surface area contributed by atoms with Gasteiger partial charge in [0.1, 0.15) is 5.75 Å². The molecule has 104 valence electrons. The van der Waals surface area contributed by atoms with Crippen molar-refractivity contribution < 1.29 is 4.74 Å². The average Bonchev–Trinajstić information content (AvgIpc) is 2.47. The molecular weight excluding hydrogens is 309 g/mol. The molecule has 3 rings (SSSR count). The van der Waals surface area contributed by atoms with E-state index in [4.69, 9.17) is 27.9 Å². The predicted molar refractivity (Wildman–Crippen MR) is 81.8 cm³/mol. The van der Waals surface area contributed by atoms with Crippen LogP contribution >= 0.6 is 23.2 Å². The predicted octanol–water partition coefficient (Wildman–Crippen LogP) is 4.64. The van der Waals surface area contributed by atoms with Crippen LogP contribution in [-0.4, -0.2) is 15.0 Å². The van der Waals surface area contributed by atoms with Crippen LogP contribution in [0.15, 0.2) is 54.6 Å². The lowest BCUT2D eigenvalue weighted by Crippen LogP contribution is -1.95. The molecule has 0 radical (unpaired) electrons. The van der Waals surface area contributed by atoms with Crippen LogP contribution in [0, 0.1) is 0 Å². The number of halogens is 2. The third kappa shape index (κ3) is 3.48. The Morgan fingerprint density at radius 2 is 1.38 bits per heavy atom. The van der Waals surface area contributed by atoms with Crippen LogP contribution in [0.4, 0.5) is 0 Å². The van der Waals surface area contributed by atoms with Crippen LogP contribution in [-0.2, 0) is 0 Å². The smallest absolute Gasteiger partial charge is 0.327 e. The first-order valence-corrected chi connectivity index (χ1v) is 6.87. The molecule has 0 amide bonds. The molecule has 0 unspecified atom stereocenters. The number of aromatic nitrogens is 3. The fourth-order valence-corrected chi connectivity index (χ4v) is 2.18. The van der Waals surface area contributed by atoms with E-state index < -0.39 is 0 Å². The largest absolute Gasteiger partial charge is 0.424 e. The van der Waals surface area contributed by atoms with Gasteiger partial charge in [-0.05, 0) is 46.5 Å². The Hall–Kier alpha value is -2.17. The number of nitrogens with zero attached hydrogens (tertiary/aromatic N) is 3. The Kier molecular flexibility index (Phi) is 3.99. The van der Waals surface area contributed by atoms with Gasteiger partial charge in [-0.3, -0.25) is 0 Å². The van der Waals surface area contributed by atoms with Crippen molar-refractivity contribution in [1.82, 2.24) is 15.0 Å². The normalized spacial score (nSPS) is 10.4. The Labute approximate surface area is 131 Å². The van der Waals surface area contributed by atoms with Crippen molar-refractivity contribution in [2.24, 2.45) is 0 Å². The molecule has 3 aromatic rings. The maximum Gasteiger partial charge on any atom is 0.327 e. The highest BCUT2D eigenvalue weighted by Gasteiger charge is 2.06. The summed E-state index contributed by atoms with van der Waals surface area (Å²) in [7, 11) is 0. The van der Waals surface area contributed by atoms with E-state index in [0.29, 0.717) is 5.75 Å². The minimum atomic E-state index is -0.00999. The minimum absolute atomic E-state index is 0.00999. The van der Waals surface area contributed by atoms with Gasteiger partial charge in [-0.1, -0.05) is 42.5 Å². The van der Waals surface area contributed by atoms with Gasteiger partial charge >= 0.3 is 6.01 Å². The molecule has 0 N–H and O–H groups in total. The molecule has 0 aliphatic carbocycles. The molecule has 0 saturated heterocycles. The van der Waals surface area contributed by atoms with Crippen LogP contribution < -0.4 is 4.74 Å². The number of benzene rings is 2. The molecule has 0 aliphatic heterocycles. The van der Waals surface area contributed by atoms with Crippen molar-refractivity contribution in [2.45, 2.75) is 0 Å². The van der Waals surface area contributed by atoms with Crippen molar-refractivity contribution >= 4 is 23.2 Å². The van der Waals surface area contributed by atoms with E-state index in [-0.39, 0.29) is 16.6 Å². The zero-order chi connectivity index (χ0) is 14.7. The molecule has 6 heteroatoms. The van der Waals surface area contributed by atoms with Gasteiger partial charge in [0.15, 0.2) is 0 Å². The SMILES string of the molecule is Clc1nc(Cl)nc(Oc2cccc(-c3ccccc3)c2)n1. The third-order valence-electron chi connectivity index (χ3n) is 2.71. The van der Waals surface area contributed by atoms with E-state index in [1.807, 2.05) is 48.5 Å². The van der Waals surface area contributed by atoms with Gasteiger partial charge in [-0.2, -0.15) is 15.0 Å². The molecule has 0 saturated carbocycles. The number of hydrogen-bond acceptors (Lipinski definition) is 4. The number of ether oxygens (including phenoxy) is 1. The molecular formula is C15H9Cl2N3O. The van der Waals surface area contributed by atoms with Gasteiger partial charge < -0.3 is 4.74 Å². The molecule has 0 spiro atoms. The van der Waals surface area contributed by atoms with E-state index in [0.717, 1.165) is 11.1 Å². The van der Waals surface area contributed by atoms with Crippen LogP contribution in [0.25, 0.3) is 11.1 Å². The van der Waals surface area contributed by atoms with Gasteiger partial charge in [-0.15, -0.1) is 0 Å². The Bertz CT molecular complexity index is 746. The van der Waals surface area contributed by atoms with E-state index in [9.17, 15) is 0 Å². The summed E-state index contributed by atoms with van der Waals surface area (Å²) in [5, 5.41) is -0.0200. The number of hydrogen-bond donors (Lipinski definition) is 0. The summed E-state index contributed by atoms with van der Waals surface area (Å²) in [6, 6.07) is 17.6. The standard InChI is InChI=1S/C15H9Cl2N3O/c16-13-18-14(17)20-15(19-13)21-12-8-4-7-11(9-12)10-5-2-1-3-6-10/h1-9H. The lowest BCUT2D eigenvalue weighted by atomic mass is 10.1. The van der Waals surface area contributed by atoms with Gasteiger partial charge in [-0.25, -0.2) is 0 Å². The second-order valence-electron chi connectivity index (χ2n) is 4.15. The summed E-state index contributed by atoms with van der Waals surface area (Å²) < 4.78 is 5.57.